The fourth-order valence-corrected chi connectivity index (χ4v) is 4.30. The van der Waals surface area contributed by atoms with E-state index in [1.807, 2.05) is 69.3 Å². The third-order valence-electron chi connectivity index (χ3n) is 5.82. The van der Waals surface area contributed by atoms with Crippen LogP contribution in [0.2, 0.25) is 5.02 Å². The van der Waals surface area contributed by atoms with Gasteiger partial charge in [0.1, 0.15) is 5.60 Å². The molecule has 6 heteroatoms. The van der Waals surface area contributed by atoms with Gasteiger partial charge in [-0.05, 0) is 76.5 Å². The van der Waals surface area contributed by atoms with Crippen molar-refractivity contribution in [3.05, 3.63) is 59.1 Å². The Morgan fingerprint density at radius 3 is 2.15 bits per heavy atom. The van der Waals surface area contributed by atoms with Crippen molar-refractivity contribution in [1.29, 1.82) is 0 Å². The molecule has 0 radical (unpaired) electrons. The second kappa shape index (κ2) is 13.1. The zero-order valence-electron chi connectivity index (χ0n) is 21.3. The number of benzene rings is 2. The molecule has 0 heterocycles. The Morgan fingerprint density at radius 1 is 0.941 bits per heavy atom. The van der Waals surface area contributed by atoms with Crippen LogP contribution in [0.15, 0.2) is 48.5 Å². The van der Waals surface area contributed by atoms with Crippen molar-refractivity contribution in [3.8, 4) is 11.1 Å². The molecule has 1 amide bonds. The summed E-state index contributed by atoms with van der Waals surface area (Å²) in [5.41, 5.74) is 1.23. The topological polar surface area (TPSA) is 59.0 Å². The van der Waals surface area contributed by atoms with Gasteiger partial charge in [0.15, 0.2) is 0 Å². The van der Waals surface area contributed by atoms with E-state index in [2.05, 4.69) is 0 Å². The van der Waals surface area contributed by atoms with Gasteiger partial charge < -0.3 is 19.5 Å². The zero-order chi connectivity index (χ0) is 25.2. The Bertz CT molecular complexity index is 911. The van der Waals surface area contributed by atoms with Crippen molar-refractivity contribution in [3.63, 3.8) is 0 Å². The average molecular weight is 490 g/mol. The summed E-state index contributed by atoms with van der Waals surface area (Å²) in [4.78, 5) is 13.8. The quantitative estimate of drug-likeness (QED) is 0.324. The predicted octanol–water partition coefficient (Wildman–Crippen LogP) is 7.05. The van der Waals surface area contributed by atoms with E-state index in [1.165, 1.54) is 0 Å². The van der Waals surface area contributed by atoms with Crippen LogP contribution in [0.4, 0.5) is 4.79 Å². The molecule has 0 aliphatic carbocycles. The number of aliphatic hydroxyl groups is 1. The molecule has 0 aromatic heterocycles. The summed E-state index contributed by atoms with van der Waals surface area (Å²) in [6.45, 7) is 6.82. The van der Waals surface area contributed by atoms with Crippen LogP contribution in [0.3, 0.4) is 0 Å². The van der Waals surface area contributed by atoms with Crippen LogP contribution in [0.5, 0.6) is 0 Å². The van der Waals surface area contributed by atoms with Crippen molar-refractivity contribution < 1.29 is 19.4 Å². The van der Waals surface area contributed by atoms with Gasteiger partial charge >= 0.3 is 6.09 Å². The highest BCUT2D eigenvalue weighted by molar-refractivity contribution is 6.33. The summed E-state index contributed by atoms with van der Waals surface area (Å²) in [7, 11) is 3.44. The van der Waals surface area contributed by atoms with E-state index in [0.717, 1.165) is 42.4 Å². The fourth-order valence-electron chi connectivity index (χ4n) is 4.06. The van der Waals surface area contributed by atoms with Crippen LogP contribution >= 0.6 is 11.6 Å². The number of hydrogen-bond acceptors (Lipinski definition) is 4. The lowest BCUT2D eigenvalue weighted by Crippen LogP contribution is -2.35. The van der Waals surface area contributed by atoms with Gasteiger partial charge in [-0.1, -0.05) is 54.1 Å². The van der Waals surface area contributed by atoms with Gasteiger partial charge in [0.05, 0.1) is 5.60 Å². The van der Waals surface area contributed by atoms with Gasteiger partial charge in [-0.15, -0.1) is 0 Å². The minimum atomic E-state index is -1.01. The van der Waals surface area contributed by atoms with Crippen LogP contribution in [0.25, 0.3) is 11.1 Å². The Hall–Kier alpha value is -2.08. The molecular weight excluding hydrogens is 450 g/mol. The first-order valence-corrected chi connectivity index (χ1v) is 12.4. The molecule has 5 nitrogen and oxygen atoms in total. The van der Waals surface area contributed by atoms with Crippen LogP contribution < -0.4 is 0 Å². The highest BCUT2D eigenvalue weighted by Gasteiger charge is 2.31. The largest absolute Gasteiger partial charge is 0.444 e. The van der Waals surface area contributed by atoms with E-state index in [-0.39, 0.29) is 6.09 Å². The Labute approximate surface area is 210 Å². The van der Waals surface area contributed by atoms with E-state index in [0.29, 0.717) is 31.0 Å². The first-order valence-electron chi connectivity index (χ1n) is 12.1. The SMILES string of the molecule is COCCCCC(O)(CCCCN(C)C(=O)OC(C)(C)C)c1ccccc1-c1ccccc1Cl. The maximum absolute atomic E-state index is 12.2. The number of nitrogens with zero attached hydrogens (tertiary/aromatic N) is 1. The van der Waals surface area contributed by atoms with E-state index < -0.39 is 11.2 Å². The van der Waals surface area contributed by atoms with Crippen LogP contribution in [-0.2, 0) is 15.1 Å². The van der Waals surface area contributed by atoms with Crippen molar-refractivity contribution in [1.82, 2.24) is 4.90 Å². The molecular formula is C28H40ClNO4. The van der Waals surface area contributed by atoms with Crippen LogP contribution in [-0.4, -0.2) is 49.0 Å². The number of amides is 1. The first kappa shape index (κ1) is 28.2. The summed E-state index contributed by atoms with van der Waals surface area (Å²) in [6, 6.07) is 15.7. The lowest BCUT2D eigenvalue weighted by atomic mass is 9.80. The van der Waals surface area contributed by atoms with Gasteiger partial charge in [-0.3, -0.25) is 0 Å². The number of rotatable bonds is 12. The zero-order valence-corrected chi connectivity index (χ0v) is 22.0. The molecule has 1 atom stereocenters. The molecule has 0 fully saturated rings. The smallest absolute Gasteiger partial charge is 0.410 e. The minimum absolute atomic E-state index is 0.327. The first-order chi connectivity index (χ1) is 16.1. The van der Waals surface area contributed by atoms with Gasteiger partial charge in [-0.2, -0.15) is 0 Å². The van der Waals surface area contributed by atoms with Crippen LogP contribution in [0.1, 0.15) is 64.9 Å². The summed E-state index contributed by atoms with van der Waals surface area (Å²) < 4.78 is 10.6. The monoisotopic (exact) mass is 489 g/mol. The summed E-state index contributed by atoms with van der Waals surface area (Å²) in [5.74, 6) is 0. The van der Waals surface area contributed by atoms with E-state index in [9.17, 15) is 9.90 Å². The van der Waals surface area contributed by atoms with Crippen molar-refractivity contribution >= 4 is 17.7 Å². The highest BCUT2D eigenvalue weighted by Crippen LogP contribution is 2.40. The molecule has 188 valence electrons. The Kier molecular flexibility index (Phi) is 10.9. The van der Waals surface area contributed by atoms with Gasteiger partial charge in [-0.25, -0.2) is 4.79 Å². The lowest BCUT2D eigenvalue weighted by molar-refractivity contribution is 0.0111. The van der Waals surface area contributed by atoms with Crippen molar-refractivity contribution in [2.75, 3.05) is 27.3 Å². The van der Waals surface area contributed by atoms with E-state index >= 15 is 0 Å². The fraction of sp³-hybridized carbons (Fsp3) is 0.536. The van der Waals surface area contributed by atoms with E-state index in [4.69, 9.17) is 21.1 Å². The number of ether oxygens (including phenoxy) is 2. The predicted molar refractivity (Wildman–Crippen MR) is 139 cm³/mol. The van der Waals surface area contributed by atoms with E-state index in [1.54, 1.807) is 19.1 Å². The Balaban J connectivity index is 2.16. The molecule has 0 saturated heterocycles. The number of carbonyl (C=O) groups excluding carboxylic acids is 1. The molecule has 2 aromatic rings. The molecule has 1 N–H and O–H groups in total. The summed E-state index contributed by atoms with van der Waals surface area (Å²) >= 11 is 6.52. The summed E-state index contributed by atoms with van der Waals surface area (Å²) in [5, 5.41) is 12.6. The lowest BCUT2D eigenvalue weighted by Gasteiger charge is -2.32. The Morgan fingerprint density at radius 2 is 1.53 bits per heavy atom. The van der Waals surface area contributed by atoms with Crippen molar-refractivity contribution in [2.24, 2.45) is 0 Å². The number of unbranched alkanes of at least 4 members (excludes halogenated alkanes) is 2. The third-order valence-corrected chi connectivity index (χ3v) is 6.15. The van der Waals surface area contributed by atoms with Crippen LogP contribution in [0, 0.1) is 0 Å². The molecule has 0 bridgehead atoms. The van der Waals surface area contributed by atoms with Gasteiger partial charge in [0.25, 0.3) is 0 Å². The number of methoxy groups -OCH3 is 1. The molecule has 0 spiro atoms. The molecule has 0 saturated carbocycles. The van der Waals surface area contributed by atoms with Gasteiger partial charge in [0, 0.05) is 37.9 Å². The molecule has 2 aromatic carbocycles. The third kappa shape index (κ3) is 8.61. The minimum Gasteiger partial charge on any atom is -0.444 e. The second-order valence-electron chi connectivity index (χ2n) is 9.87. The standard InChI is InChI=1S/C28H40ClNO4/c1-27(2,3)34-26(31)30(4)20-12-10-18-28(32,19-11-13-21-33-5)24-16-8-6-14-22(24)23-15-7-9-17-25(23)29/h6-9,14-17,32H,10-13,18-21H2,1-5H3. The molecule has 1 unspecified atom stereocenters. The normalized spacial score (nSPS) is 13.4. The number of carbonyl (C=O) groups is 1. The molecule has 2 rings (SSSR count). The van der Waals surface area contributed by atoms with Gasteiger partial charge in [0.2, 0.25) is 0 Å². The highest BCUT2D eigenvalue weighted by atomic mass is 35.5. The number of halogens is 1. The molecule has 0 aliphatic heterocycles. The maximum atomic E-state index is 12.2. The summed E-state index contributed by atoms with van der Waals surface area (Å²) in [6.07, 6.45) is 4.15. The average Bonchev–Trinajstić information content (AvgIpc) is 2.79. The maximum Gasteiger partial charge on any atom is 0.410 e. The second-order valence-corrected chi connectivity index (χ2v) is 10.3. The van der Waals surface area contributed by atoms with Crippen molar-refractivity contribution in [2.45, 2.75) is 70.5 Å². The molecule has 0 aliphatic rings. The number of hydrogen-bond donors (Lipinski definition) is 1. The molecule has 34 heavy (non-hydrogen) atoms.